The van der Waals surface area contributed by atoms with Gasteiger partial charge in [-0.05, 0) is 90.7 Å². The zero-order valence-electron chi connectivity index (χ0n) is 18.0. The van der Waals surface area contributed by atoms with E-state index in [9.17, 15) is 0 Å². The lowest BCUT2D eigenvalue weighted by Crippen LogP contribution is -1.91. The van der Waals surface area contributed by atoms with E-state index in [1.165, 1.54) is 71.3 Å². The van der Waals surface area contributed by atoms with E-state index in [-0.39, 0.29) is 0 Å². The van der Waals surface area contributed by atoms with Crippen LogP contribution in [0.3, 0.4) is 0 Å². The Morgan fingerprint density at radius 1 is 0.531 bits per heavy atom. The molecule has 0 bridgehead atoms. The minimum Gasteiger partial charge on any atom is -0.0619 e. The van der Waals surface area contributed by atoms with Crippen molar-refractivity contribution in [1.82, 2.24) is 0 Å². The van der Waals surface area contributed by atoms with Crippen LogP contribution in [0.15, 0.2) is 103 Å². The lowest BCUT2D eigenvalue weighted by Gasteiger charge is -2.17. The molecule has 0 aromatic heterocycles. The first-order valence-electron chi connectivity index (χ1n) is 11.3. The zero-order chi connectivity index (χ0) is 21.2. The van der Waals surface area contributed by atoms with Gasteiger partial charge in [-0.15, -0.1) is 0 Å². The van der Waals surface area contributed by atoms with Crippen LogP contribution in [0.5, 0.6) is 0 Å². The van der Waals surface area contributed by atoms with Crippen molar-refractivity contribution in [2.45, 2.75) is 13.3 Å². The molecule has 0 spiro atoms. The van der Waals surface area contributed by atoms with Gasteiger partial charge in [-0.3, -0.25) is 0 Å². The summed E-state index contributed by atoms with van der Waals surface area (Å²) in [5.41, 5.74) is 9.65. The molecule has 0 fully saturated rings. The van der Waals surface area contributed by atoms with Crippen molar-refractivity contribution < 1.29 is 0 Å². The molecule has 0 nitrogen and oxygen atoms in total. The predicted molar refractivity (Wildman–Crippen MR) is 137 cm³/mol. The van der Waals surface area contributed by atoms with Gasteiger partial charge in [0.2, 0.25) is 0 Å². The smallest absolute Gasteiger partial charge is 0.00134 e. The van der Waals surface area contributed by atoms with Crippen LogP contribution in [0, 0.1) is 6.92 Å². The van der Waals surface area contributed by atoms with Gasteiger partial charge in [0.25, 0.3) is 0 Å². The molecule has 0 N–H and O–H groups in total. The summed E-state index contributed by atoms with van der Waals surface area (Å²) in [6.45, 7) is 2.28. The lowest BCUT2D eigenvalue weighted by atomic mass is 9.86. The monoisotopic (exact) mass is 406 g/mol. The third kappa shape index (κ3) is 2.38. The number of aryl methyl sites for hydroxylation is 1. The number of rotatable bonds is 1. The van der Waals surface area contributed by atoms with Crippen LogP contribution in [0.25, 0.3) is 54.6 Å². The Labute approximate surface area is 187 Å². The van der Waals surface area contributed by atoms with Crippen LogP contribution in [0.1, 0.15) is 16.7 Å². The van der Waals surface area contributed by atoms with Gasteiger partial charge in [-0.2, -0.15) is 0 Å². The second kappa shape index (κ2) is 6.55. The van der Waals surface area contributed by atoms with E-state index >= 15 is 0 Å². The van der Waals surface area contributed by atoms with E-state index < -0.39 is 0 Å². The molecule has 0 aliphatic heterocycles. The van der Waals surface area contributed by atoms with E-state index in [1.807, 2.05) is 0 Å². The van der Waals surface area contributed by atoms with Gasteiger partial charge in [-0.1, -0.05) is 97.1 Å². The second-order valence-electron chi connectivity index (χ2n) is 8.96. The van der Waals surface area contributed by atoms with Crippen LogP contribution in [0.4, 0.5) is 0 Å². The summed E-state index contributed by atoms with van der Waals surface area (Å²) in [5, 5.41) is 8.02. The van der Waals surface area contributed by atoms with E-state index in [4.69, 9.17) is 0 Å². The minimum atomic E-state index is 1.03. The zero-order valence-corrected chi connectivity index (χ0v) is 18.0. The first-order chi connectivity index (χ1) is 15.8. The van der Waals surface area contributed by atoms with Crippen LogP contribution in [-0.2, 0) is 6.42 Å². The molecule has 0 radical (unpaired) electrons. The maximum Gasteiger partial charge on any atom is -0.00134 e. The first-order valence-corrected chi connectivity index (χ1v) is 11.3. The van der Waals surface area contributed by atoms with Crippen molar-refractivity contribution in [3.8, 4) is 22.3 Å². The summed E-state index contributed by atoms with van der Waals surface area (Å²) in [6, 6.07) is 38.2. The molecule has 0 saturated heterocycles. The molecular formula is C32H22. The maximum atomic E-state index is 2.42. The highest BCUT2D eigenvalue weighted by atomic mass is 14.2. The fraction of sp³-hybridized carbons (Fsp3) is 0.0625. The van der Waals surface area contributed by atoms with Crippen LogP contribution in [0.2, 0.25) is 0 Å². The molecule has 6 aromatic carbocycles. The van der Waals surface area contributed by atoms with E-state index in [0.29, 0.717) is 0 Å². The average molecular weight is 407 g/mol. The van der Waals surface area contributed by atoms with Crippen LogP contribution < -0.4 is 0 Å². The molecule has 0 heteroatoms. The highest BCUT2D eigenvalue weighted by Crippen LogP contribution is 2.44. The second-order valence-corrected chi connectivity index (χ2v) is 8.96. The summed E-state index contributed by atoms with van der Waals surface area (Å²) in [7, 11) is 0. The minimum absolute atomic E-state index is 1.03. The Morgan fingerprint density at radius 2 is 1.25 bits per heavy atom. The maximum absolute atomic E-state index is 2.42. The number of hydrogen-bond acceptors (Lipinski definition) is 0. The van der Waals surface area contributed by atoms with Gasteiger partial charge in [-0.25, -0.2) is 0 Å². The highest BCUT2D eigenvalue weighted by molar-refractivity contribution is 6.22. The fourth-order valence-electron chi connectivity index (χ4n) is 5.78. The van der Waals surface area contributed by atoms with Gasteiger partial charge in [0.05, 0.1) is 0 Å². The Bertz CT molecular complexity index is 1700. The third-order valence-corrected chi connectivity index (χ3v) is 7.26. The molecule has 150 valence electrons. The van der Waals surface area contributed by atoms with Crippen molar-refractivity contribution in [3.63, 3.8) is 0 Å². The van der Waals surface area contributed by atoms with Crippen molar-refractivity contribution >= 4 is 32.3 Å². The molecule has 32 heavy (non-hydrogen) atoms. The molecule has 0 heterocycles. The van der Waals surface area contributed by atoms with E-state index in [0.717, 1.165) is 6.42 Å². The largest absolute Gasteiger partial charge is 0.0619 e. The average Bonchev–Trinajstić information content (AvgIpc) is 3.22. The number of benzene rings is 6. The predicted octanol–water partition coefficient (Wildman–Crippen LogP) is 8.69. The third-order valence-electron chi connectivity index (χ3n) is 7.26. The van der Waals surface area contributed by atoms with Gasteiger partial charge < -0.3 is 0 Å². The number of hydrogen-bond donors (Lipinski definition) is 0. The van der Waals surface area contributed by atoms with Crippen molar-refractivity contribution in [3.05, 3.63) is 120 Å². The summed E-state index contributed by atoms with van der Waals surface area (Å²) < 4.78 is 0. The molecular weight excluding hydrogens is 384 g/mol. The molecule has 1 aliphatic rings. The summed E-state index contributed by atoms with van der Waals surface area (Å²) in [6.07, 6.45) is 1.03. The Kier molecular flexibility index (Phi) is 3.63. The van der Waals surface area contributed by atoms with Crippen molar-refractivity contribution in [2.24, 2.45) is 0 Å². The highest BCUT2D eigenvalue weighted by Gasteiger charge is 2.20. The normalized spacial score (nSPS) is 12.4. The Morgan fingerprint density at radius 3 is 2.16 bits per heavy atom. The molecule has 6 aromatic rings. The molecule has 7 rings (SSSR count). The molecule has 0 unspecified atom stereocenters. The van der Waals surface area contributed by atoms with Gasteiger partial charge >= 0.3 is 0 Å². The molecule has 0 atom stereocenters. The van der Waals surface area contributed by atoms with Crippen LogP contribution in [-0.4, -0.2) is 0 Å². The Hall–Kier alpha value is -3.90. The van der Waals surface area contributed by atoms with Crippen molar-refractivity contribution in [2.75, 3.05) is 0 Å². The molecule has 0 amide bonds. The van der Waals surface area contributed by atoms with Gasteiger partial charge in [0.1, 0.15) is 0 Å². The van der Waals surface area contributed by atoms with Crippen LogP contribution >= 0.6 is 0 Å². The molecule has 0 saturated carbocycles. The summed E-state index contributed by atoms with van der Waals surface area (Å²) in [5.74, 6) is 0. The quantitative estimate of drug-likeness (QED) is 0.189. The number of fused-ring (bicyclic) bond motifs is 7. The standard InChI is InChI=1S/C32H22/c1-20-25-10-6-7-13-28(25)32(29-17-16-21-8-2-5-12-27(21)31(20)29)24-15-14-23-18-22-9-3-4-11-26(22)30(23)19-24/h2-17,19H,18H2,1H3. The van der Waals surface area contributed by atoms with Gasteiger partial charge in [0, 0.05) is 0 Å². The molecule has 1 aliphatic carbocycles. The van der Waals surface area contributed by atoms with E-state index in [1.54, 1.807) is 0 Å². The van der Waals surface area contributed by atoms with Crippen molar-refractivity contribution in [1.29, 1.82) is 0 Å². The SMILES string of the molecule is Cc1c2ccccc2c(-c2ccc3c(c2)-c2ccccc2C3)c2ccc3ccccc3c12. The topological polar surface area (TPSA) is 0 Å². The van der Waals surface area contributed by atoms with Gasteiger partial charge in [0.15, 0.2) is 0 Å². The fourth-order valence-corrected chi connectivity index (χ4v) is 5.78. The summed E-state index contributed by atoms with van der Waals surface area (Å²) in [4.78, 5) is 0. The lowest BCUT2D eigenvalue weighted by molar-refractivity contribution is 1.26. The van der Waals surface area contributed by atoms with E-state index in [2.05, 4.69) is 110 Å². The Balaban J connectivity index is 1.63. The summed E-state index contributed by atoms with van der Waals surface area (Å²) >= 11 is 0. The first kappa shape index (κ1) is 17.7.